The normalized spacial score (nSPS) is 23.8. The predicted octanol–water partition coefficient (Wildman–Crippen LogP) is 1.30. The van der Waals surface area contributed by atoms with Gasteiger partial charge in [-0.05, 0) is 6.07 Å². The summed E-state index contributed by atoms with van der Waals surface area (Å²) in [6.07, 6.45) is 0. The van der Waals surface area contributed by atoms with Gasteiger partial charge in [0, 0.05) is 44.8 Å². The minimum absolute atomic E-state index is 0.114. The largest absolute Gasteiger partial charge is 0.324 e. The fourth-order valence-corrected chi connectivity index (χ4v) is 4.05. The van der Waals surface area contributed by atoms with E-state index in [-0.39, 0.29) is 17.1 Å². The van der Waals surface area contributed by atoms with Crippen LogP contribution in [0.1, 0.15) is 10.9 Å². The number of thioether (sulfide) groups is 1. The number of nitrogens with one attached hydrogen (secondary N) is 1. The van der Waals surface area contributed by atoms with Gasteiger partial charge in [-0.25, -0.2) is 4.39 Å². The molecule has 2 fully saturated rings. The van der Waals surface area contributed by atoms with Gasteiger partial charge in [0.05, 0.1) is 5.75 Å². The summed E-state index contributed by atoms with van der Waals surface area (Å²) in [4.78, 5) is 16.3. The first-order valence-corrected chi connectivity index (χ1v) is 8.39. The van der Waals surface area contributed by atoms with Gasteiger partial charge in [-0.2, -0.15) is 0 Å². The lowest BCUT2D eigenvalue weighted by Gasteiger charge is -2.31. The zero-order valence-corrected chi connectivity index (χ0v) is 12.7. The maximum Gasteiger partial charge on any atom is 0.233 e. The van der Waals surface area contributed by atoms with Crippen molar-refractivity contribution in [1.29, 1.82) is 0 Å². The first-order chi connectivity index (χ1) is 10.3. The number of benzene rings is 1. The van der Waals surface area contributed by atoms with Crippen molar-refractivity contribution in [1.82, 2.24) is 15.1 Å². The quantitative estimate of drug-likeness (QED) is 0.909. The molecule has 114 valence electrons. The van der Waals surface area contributed by atoms with Crippen molar-refractivity contribution in [3.63, 3.8) is 0 Å². The molecule has 2 heterocycles. The molecule has 0 aromatic heterocycles. The zero-order valence-electron chi connectivity index (χ0n) is 11.9. The SMILES string of the molecule is O=C1CSC(c2ccccc2F)N1CCN1CCNCC1. The minimum atomic E-state index is -0.225. The Labute approximate surface area is 128 Å². The van der Waals surface area contributed by atoms with E-state index >= 15 is 0 Å². The molecule has 2 aliphatic heterocycles. The van der Waals surface area contributed by atoms with E-state index in [1.807, 2.05) is 11.0 Å². The van der Waals surface area contributed by atoms with Gasteiger partial charge in [0.25, 0.3) is 0 Å². The molecule has 6 heteroatoms. The van der Waals surface area contributed by atoms with Crippen molar-refractivity contribution < 1.29 is 9.18 Å². The number of rotatable bonds is 4. The van der Waals surface area contributed by atoms with E-state index in [0.717, 1.165) is 32.7 Å². The Morgan fingerprint density at radius 1 is 1.24 bits per heavy atom. The van der Waals surface area contributed by atoms with Gasteiger partial charge in [-0.3, -0.25) is 9.69 Å². The van der Waals surface area contributed by atoms with Crippen molar-refractivity contribution >= 4 is 17.7 Å². The van der Waals surface area contributed by atoms with Crippen molar-refractivity contribution in [3.05, 3.63) is 35.6 Å². The van der Waals surface area contributed by atoms with Gasteiger partial charge < -0.3 is 10.2 Å². The average molecular weight is 309 g/mol. The molecule has 1 amide bonds. The average Bonchev–Trinajstić information content (AvgIpc) is 2.88. The number of carbonyl (C=O) groups excluding carboxylic acids is 1. The molecule has 21 heavy (non-hydrogen) atoms. The van der Waals surface area contributed by atoms with E-state index in [4.69, 9.17) is 0 Å². The number of piperazine rings is 1. The Kier molecular flexibility index (Phi) is 4.77. The maximum atomic E-state index is 14.0. The Balaban J connectivity index is 1.66. The van der Waals surface area contributed by atoms with Crippen molar-refractivity contribution in [2.75, 3.05) is 45.0 Å². The number of amides is 1. The number of carbonyl (C=O) groups is 1. The van der Waals surface area contributed by atoms with Crippen LogP contribution in [0.3, 0.4) is 0 Å². The third-order valence-corrected chi connectivity index (χ3v) is 5.24. The summed E-state index contributed by atoms with van der Waals surface area (Å²) in [6, 6.07) is 6.76. The van der Waals surface area contributed by atoms with Crippen molar-refractivity contribution in [2.24, 2.45) is 0 Å². The lowest BCUT2D eigenvalue weighted by atomic mass is 10.2. The standard InChI is InChI=1S/C15H20FN3OS/c16-13-4-2-1-3-12(13)15-19(14(20)11-21-15)10-9-18-7-5-17-6-8-18/h1-4,15,17H,5-11H2. The molecule has 0 aliphatic carbocycles. The number of halogens is 1. The van der Waals surface area contributed by atoms with Gasteiger partial charge in [0.2, 0.25) is 5.91 Å². The van der Waals surface area contributed by atoms with E-state index in [2.05, 4.69) is 10.2 Å². The molecule has 0 bridgehead atoms. The molecule has 3 rings (SSSR count). The number of nitrogens with zero attached hydrogens (tertiary/aromatic N) is 2. The van der Waals surface area contributed by atoms with Crippen LogP contribution >= 0.6 is 11.8 Å². The first-order valence-electron chi connectivity index (χ1n) is 7.34. The van der Waals surface area contributed by atoms with E-state index in [1.165, 1.54) is 17.8 Å². The predicted molar refractivity (Wildman–Crippen MR) is 82.6 cm³/mol. The molecule has 4 nitrogen and oxygen atoms in total. The van der Waals surface area contributed by atoms with Crippen LogP contribution in [-0.4, -0.2) is 60.7 Å². The topological polar surface area (TPSA) is 35.6 Å². The van der Waals surface area contributed by atoms with Crippen molar-refractivity contribution in [2.45, 2.75) is 5.37 Å². The van der Waals surface area contributed by atoms with Gasteiger partial charge in [-0.1, -0.05) is 18.2 Å². The number of hydrogen-bond acceptors (Lipinski definition) is 4. The molecule has 2 aliphatic rings. The van der Waals surface area contributed by atoms with Crippen LogP contribution in [0.2, 0.25) is 0 Å². The Bertz CT molecular complexity index is 507. The smallest absolute Gasteiger partial charge is 0.233 e. The fraction of sp³-hybridized carbons (Fsp3) is 0.533. The highest BCUT2D eigenvalue weighted by Crippen LogP contribution is 2.39. The fourth-order valence-electron chi connectivity index (χ4n) is 2.81. The second kappa shape index (κ2) is 6.77. The summed E-state index contributed by atoms with van der Waals surface area (Å²) < 4.78 is 14.0. The van der Waals surface area contributed by atoms with Crippen LogP contribution in [-0.2, 0) is 4.79 Å². The third-order valence-electron chi connectivity index (χ3n) is 4.01. The van der Waals surface area contributed by atoms with Crippen LogP contribution in [0.4, 0.5) is 4.39 Å². The second-order valence-corrected chi connectivity index (χ2v) is 6.43. The van der Waals surface area contributed by atoms with E-state index < -0.39 is 0 Å². The monoisotopic (exact) mass is 309 g/mol. The zero-order chi connectivity index (χ0) is 14.7. The van der Waals surface area contributed by atoms with Crippen LogP contribution in [0.15, 0.2) is 24.3 Å². The van der Waals surface area contributed by atoms with Gasteiger partial charge >= 0.3 is 0 Å². The molecule has 0 radical (unpaired) electrons. The number of hydrogen-bond donors (Lipinski definition) is 1. The van der Waals surface area contributed by atoms with Gasteiger partial charge in [-0.15, -0.1) is 11.8 Å². The summed E-state index contributed by atoms with van der Waals surface area (Å²) in [5, 5.41) is 3.14. The summed E-state index contributed by atoms with van der Waals surface area (Å²) in [5.41, 5.74) is 0.619. The van der Waals surface area contributed by atoms with Crippen LogP contribution in [0.5, 0.6) is 0 Å². The molecule has 0 spiro atoms. The molecule has 1 aromatic rings. The molecule has 1 unspecified atom stereocenters. The highest BCUT2D eigenvalue weighted by atomic mass is 32.2. The van der Waals surface area contributed by atoms with E-state index in [1.54, 1.807) is 12.1 Å². The third kappa shape index (κ3) is 3.39. The highest BCUT2D eigenvalue weighted by molar-refractivity contribution is 8.00. The van der Waals surface area contributed by atoms with Crippen LogP contribution in [0.25, 0.3) is 0 Å². The molecule has 1 N–H and O–H groups in total. The van der Waals surface area contributed by atoms with Gasteiger partial charge in [0.1, 0.15) is 11.2 Å². The second-order valence-electron chi connectivity index (χ2n) is 5.36. The van der Waals surface area contributed by atoms with Crippen LogP contribution in [0, 0.1) is 5.82 Å². The Morgan fingerprint density at radius 3 is 2.76 bits per heavy atom. The van der Waals surface area contributed by atoms with E-state index in [9.17, 15) is 9.18 Å². The Hall–Kier alpha value is -1.11. The Morgan fingerprint density at radius 2 is 2.00 bits per heavy atom. The van der Waals surface area contributed by atoms with E-state index in [0.29, 0.717) is 17.9 Å². The summed E-state index contributed by atoms with van der Waals surface area (Å²) in [6.45, 7) is 5.56. The highest BCUT2D eigenvalue weighted by Gasteiger charge is 2.34. The first kappa shape index (κ1) is 14.8. The molecule has 1 aromatic carbocycles. The van der Waals surface area contributed by atoms with Crippen molar-refractivity contribution in [3.8, 4) is 0 Å². The molecular formula is C15H20FN3OS. The maximum absolute atomic E-state index is 14.0. The lowest BCUT2D eigenvalue weighted by Crippen LogP contribution is -2.46. The summed E-state index contributed by atoms with van der Waals surface area (Å²) in [7, 11) is 0. The van der Waals surface area contributed by atoms with Crippen LogP contribution < -0.4 is 5.32 Å². The summed E-state index contributed by atoms with van der Waals surface area (Å²) in [5.74, 6) is 0.334. The van der Waals surface area contributed by atoms with Gasteiger partial charge in [0.15, 0.2) is 0 Å². The molecule has 1 atom stereocenters. The lowest BCUT2D eigenvalue weighted by molar-refractivity contribution is -0.128. The summed E-state index contributed by atoms with van der Waals surface area (Å²) >= 11 is 1.52. The molecular weight excluding hydrogens is 289 g/mol. The molecule has 2 saturated heterocycles. The minimum Gasteiger partial charge on any atom is -0.324 e. The molecule has 0 saturated carbocycles.